The Morgan fingerprint density at radius 1 is 0.892 bits per heavy atom. The maximum absolute atomic E-state index is 12.9. The lowest BCUT2D eigenvalue weighted by molar-refractivity contribution is -0.137. The molecule has 0 aliphatic heterocycles. The number of anilines is 2. The molecule has 7 nitrogen and oxygen atoms in total. The van der Waals surface area contributed by atoms with Gasteiger partial charge in [0.15, 0.2) is 0 Å². The fourth-order valence-electron chi connectivity index (χ4n) is 3.91. The number of hydrogen-bond acceptors (Lipinski definition) is 6. The van der Waals surface area contributed by atoms with E-state index in [0.29, 0.717) is 22.8 Å². The van der Waals surface area contributed by atoms with Crippen molar-refractivity contribution in [3.05, 3.63) is 85.1 Å². The van der Waals surface area contributed by atoms with E-state index in [2.05, 4.69) is 30.3 Å². The van der Waals surface area contributed by atoms with Crippen LogP contribution in [0.4, 0.5) is 24.7 Å². The van der Waals surface area contributed by atoms with Gasteiger partial charge in [0.1, 0.15) is 12.1 Å². The molecule has 0 saturated carbocycles. The van der Waals surface area contributed by atoms with Gasteiger partial charge >= 0.3 is 6.18 Å². The maximum atomic E-state index is 12.9. The maximum Gasteiger partial charge on any atom is 0.416 e. The molecule has 0 spiro atoms. The van der Waals surface area contributed by atoms with Gasteiger partial charge in [-0.05, 0) is 56.1 Å². The molecule has 10 heteroatoms. The van der Waals surface area contributed by atoms with E-state index in [1.54, 1.807) is 18.3 Å². The minimum absolute atomic E-state index is 0.547. The molecule has 0 unspecified atom stereocenters. The number of likely N-dealkylation sites (N-methyl/N-ethyl adjacent to an activating group) is 1. The second kappa shape index (κ2) is 9.98. The van der Waals surface area contributed by atoms with Crippen LogP contribution in [-0.4, -0.2) is 50.3 Å². The highest BCUT2D eigenvalue weighted by atomic mass is 19.4. The fourth-order valence-corrected chi connectivity index (χ4v) is 3.91. The number of benzene rings is 2. The molecule has 0 aliphatic rings. The van der Waals surface area contributed by atoms with Gasteiger partial charge in [-0.1, -0.05) is 18.2 Å². The van der Waals surface area contributed by atoms with Crippen molar-refractivity contribution in [2.24, 2.45) is 0 Å². The first kappa shape index (κ1) is 24.4. The summed E-state index contributed by atoms with van der Waals surface area (Å²) >= 11 is 0. The summed E-state index contributed by atoms with van der Waals surface area (Å²) in [5.74, 6) is 0.614. The van der Waals surface area contributed by atoms with Gasteiger partial charge < -0.3 is 10.2 Å². The monoisotopic (exact) mass is 503 g/mol. The van der Waals surface area contributed by atoms with Crippen LogP contribution in [0.2, 0.25) is 0 Å². The van der Waals surface area contributed by atoms with Gasteiger partial charge in [-0.15, -0.1) is 0 Å². The molecule has 2 aromatic carbocycles. The average Bonchev–Trinajstić information content (AvgIpc) is 3.36. The van der Waals surface area contributed by atoms with Crippen molar-refractivity contribution >= 4 is 22.4 Å². The molecule has 5 rings (SSSR count). The first-order chi connectivity index (χ1) is 17.8. The Bertz CT molecular complexity index is 1530. The summed E-state index contributed by atoms with van der Waals surface area (Å²) in [5.41, 5.74) is 3.92. The van der Waals surface area contributed by atoms with Crippen molar-refractivity contribution in [2.45, 2.75) is 12.7 Å². The molecule has 188 valence electrons. The first-order valence-electron chi connectivity index (χ1n) is 11.6. The van der Waals surface area contributed by atoms with Gasteiger partial charge in [0.2, 0.25) is 0 Å². The minimum atomic E-state index is -4.38. The fraction of sp³-hybridized carbons (Fsp3) is 0.185. The summed E-state index contributed by atoms with van der Waals surface area (Å²) < 4.78 is 40.6. The van der Waals surface area contributed by atoms with Gasteiger partial charge in [-0.3, -0.25) is 9.67 Å². The van der Waals surface area contributed by atoms with Crippen LogP contribution in [0.5, 0.6) is 0 Å². The zero-order valence-corrected chi connectivity index (χ0v) is 20.2. The molecule has 0 amide bonds. The number of rotatable bonds is 7. The second-order valence-electron chi connectivity index (χ2n) is 8.88. The van der Waals surface area contributed by atoms with Crippen LogP contribution < -0.4 is 5.32 Å². The highest BCUT2D eigenvalue weighted by Gasteiger charge is 2.30. The number of aromatic nitrogens is 5. The van der Waals surface area contributed by atoms with E-state index >= 15 is 0 Å². The van der Waals surface area contributed by atoms with Crippen molar-refractivity contribution in [1.29, 1.82) is 0 Å². The molecule has 5 aromatic rings. The molecule has 37 heavy (non-hydrogen) atoms. The predicted octanol–water partition coefficient (Wildman–Crippen LogP) is 5.88. The summed E-state index contributed by atoms with van der Waals surface area (Å²) in [6, 6.07) is 14.4. The number of alkyl halides is 3. The lowest BCUT2D eigenvalue weighted by Crippen LogP contribution is -2.18. The quantitative estimate of drug-likeness (QED) is 0.299. The Kier molecular flexibility index (Phi) is 6.58. The van der Waals surface area contributed by atoms with Crippen LogP contribution in [0, 0.1) is 0 Å². The minimum Gasteiger partial charge on any atom is -0.340 e. The van der Waals surface area contributed by atoms with E-state index in [1.165, 1.54) is 18.5 Å². The number of hydrogen-bond donors (Lipinski definition) is 1. The third-order valence-corrected chi connectivity index (χ3v) is 5.91. The third-order valence-electron chi connectivity index (χ3n) is 5.91. The van der Waals surface area contributed by atoms with Crippen LogP contribution in [0.1, 0.15) is 5.56 Å². The molecule has 3 aromatic heterocycles. The van der Waals surface area contributed by atoms with E-state index in [-0.39, 0.29) is 0 Å². The Labute approximate surface area is 211 Å². The Morgan fingerprint density at radius 3 is 2.43 bits per heavy atom. The van der Waals surface area contributed by atoms with Crippen molar-refractivity contribution in [2.75, 3.05) is 26.0 Å². The molecule has 0 fully saturated rings. The summed E-state index contributed by atoms with van der Waals surface area (Å²) in [6.07, 6.45) is 2.58. The lowest BCUT2D eigenvalue weighted by Gasteiger charge is -2.11. The van der Waals surface area contributed by atoms with Crippen molar-refractivity contribution in [3.63, 3.8) is 0 Å². The van der Waals surface area contributed by atoms with Gasteiger partial charge in [0.05, 0.1) is 29.5 Å². The van der Waals surface area contributed by atoms with E-state index in [4.69, 9.17) is 0 Å². The summed E-state index contributed by atoms with van der Waals surface area (Å²) in [5, 5.41) is 8.57. The lowest BCUT2D eigenvalue weighted by atomic mass is 10.1. The van der Waals surface area contributed by atoms with Gasteiger partial charge in [0.25, 0.3) is 0 Å². The van der Waals surface area contributed by atoms with Crippen molar-refractivity contribution < 1.29 is 13.2 Å². The number of nitrogens with zero attached hydrogens (tertiary/aromatic N) is 6. The Morgan fingerprint density at radius 2 is 1.68 bits per heavy atom. The van der Waals surface area contributed by atoms with E-state index in [0.717, 1.165) is 47.3 Å². The van der Waals surface area contributed by atoms with E-state index in [9.17, 15) is 13.2 Å². The molecule has 0 bridgehead atoms. The van der Waals surface area contributed by atoms with Crippen molar-refractivity contribution in [1.82, 2.24) is 29.6 Å². The molecule has 1 N–H and O–H groups in total. The van der Waals surface area contributed by atoms with Gasteiger partial charge in [0, 0.05) is 41.1 Å². The van der Waals surface area contributed by atoms with Crippen LogP contribution in [-0.2, 0) is 12.7 Å². The Balaban J connectivity index is 1.38. The highest BCUT2D eigenvalue weighted by Crippen LogP contribution is 2.32. The highest BCUT2D eigenvalue weighted by molar-refractivity contribution is 5.93. The smallest absolute Gasteiger partial charge is 0.340 e. The zero-order valence-electron chi connectivity index (χ0n) is 20.2. The molecule has 0 saturated heterocycles. The van der Waals surface area contributed by atoms with Crippen LogP contribution in [0.15, 0.2) is 79.5 Å². The number of nitrogens with one attached hydrogen (secondary N) is 1. The first-order valence-corrected chi connectivity index (χ1v) is 11.6. The zero-order chi connectivity index (χ0) is 26.0. The van der Waals surface area contributed by atoms with Gasteiger partial charge in [-0.25, -0.2) is 9.97 Å². The molecular weight excluding hydrogens is 479 g/mol. The van der Waals surface area contributed by atoms with Crippen LogP contribution >= 0.6 is 0 Å². The molecule has 0 radical (unpaired) electrons. The number of halogens is 3. The average molecular weight is 504 g/mol. The Hall–Kier alpha value is -4.31. The van der Waals surface area contributed by atoms with Crippen molar-refractivity contribution in [3.8, 4) is 22.4 Å². The molecule has 0 atom stereocenters. The summed E-state index contributed by atoms with van der Waals surface area (Å²) in [7, 11) is 4.06. The number of pyridine rings is 1. The van der Waals surface area contributed by atoms with E-state index < -0.39 is 11.7 Å². The molecular formula is C27H24F3N7. The van der Waals surface area contributed by atoms with Crippen LogP contribution in [0.3, 0.4) is 0 Å². The molecule has 3 heterocycles. The third kappa shape index (κ3) is 5.59. The molecule has 0 aliphatic carbocycles. The number of fused-ring (bicyclic) bond motifs is 1. The van der Waals surface area contributed by atoms with Gasteiger partial charge in [-0.2, -0.15) is 18.3 Å². The largest absolute Gasteiger partial charge is 0.416 e. The second-order valence-corrected chi connectivity index (χ2v) is 8.88. The van der Waals surface area contributed by atoms with E-state index in [1.807, 2.05) is 49.4 Å². The summed E-state index contributed by atoms with van der Waals surface area (Å²) in [4.78, 5) is 15.3. The van der Waals surface area contributed by atoms with Crippen LogP contribution in [0.25, 0.3) is 33.3 Å². The SMILES string of the molecule is CN(C)CCn1cc(-c2ccc3c(Nc4ccnc(-c5ccc(C(F)(F)F)cc5)c4)ncnc3c2)cn1. The standard InChI is InChI=1S/C27H24F3N7/c1-36(2)11-12-37-16-20(15-34-37)19-5-8-23-25(13-19)32-17-33-26(23)35-22-9-10-31-24(14-22)18-3-6-21(7-4-18)27(28,29)30/h3-10,13-17H,11-12H2,1-2H3,(H,31,32,33,35). The topological polar surface area (TPSA) is 71.8 Å². The summed E-state index contributed by atoms with van der Waals surface area (Å²) in [6.45, 7) is 1.70. The predicted molar refractivity (Wildman–Crippen MR) is 137 cm³/mol. The normalized spacial score (nSPS) is 11.8.